The quantitative estimate of drug-likeness (QED) is 0.366. The highest BCUT2D eigenvalue weighted by molar-refractivity contribution is 6.22. The molecule has 0 saturated heterocycles. The summed E-state index contributed by atoms with van der Waals surface area (Å²) in [5.41, 5.74) is 3.83. The van der Waals surface area contributed by atoms with Crippen LogP contribution in [-0.4, -0.2) is 10.2 Å². The first-order valence-corrected chi connectivity index (χ1v) is 4.46. The number of hydrogen-bond donors (Lipinski definition) is 0. The van der Waals surface area contributed by atoms with Crippen LogP contribution in [0.5, 0.6) is 0 Å². The van der Waals surface area contributed by atoms with Crippen LogP contribution >= 0.6 is 0 Å². The summed E-state index contributed by atoms with van der Waals surface area (Å²) in [7, 11) is 3.81. The van der Waals surface area contributed by atoms with Gasteiger partial charge in [0.1, 0.15) is 0 Å². The van der Waals surface area contributed by atoms with E-state index in [0.29, 0.717) is 10.5 Å². The Morgan fingerprint density at radius 2 is 1.60 bits per heavy atom. The summed E-state index contributed by atoms with van der Waals surface area (Å²) in [6, 6.07) is 0. The molecule has 0 N–H and O–H groups in total. The van der Waals surface area contributed by atoms with Crippen LogP contribution in [0.4, 0.5) is 0 Å². The van der Waals surface area contributed by atoms with Crippen molar-refractivity contribution < 1.29 is 0 Å². The lowest BCUT2D eigenvalue weighted by Crippen LogP contribution is -1.94. The topological polar surface area (TPSA) is 0 Å². The van der Waals surface area contributed by atoms with E-state index in [4.69, 9.17) is 0 Å². The van der Waals surface area contributed by atoms with Gasteiger partial charge in [-0.2, -0.15) is 0 Å². The highest BCUT2D eigenvalue weighted by Gasteiger charge is 2.61. The van der Waals surface area contributed by atoms with Crippen molar-refractivity contribution in [2.24, 2.45) is 5.41 Å². The Kier molecular flexibility index (Phi) is 0.947. The molecule has 0 aromatic heterocycles. The molecule has 2 saturated carbocycles. The van der Waals surface area contributed by atoms with E-state index in [-0.39, 0.29) is 0 Å². The van der Waals surface area contributed by atoms with Crippen LogP contribution in [0.15, 0.2) is 11.1 Å². The normalized spacial score (nSPS) is 42.0. The molecule has 3 radical (unpaired) electrons. The predicted octanol–water partition coefficient (Wildman–Crippen LogP) is 2.46. The Morgan fingerprint density at radius 1 is 1.20 bits per heavy atom. The van der Waals surface area contributed by atoms with Gasteiger partial charge in [0.2, 0.25) is 0 Å². The average Bonchev–Trinajstić information content (AvgIpc) is 2.53. The van der Waals surface area contributed by atoms with Gasteiger partial charge in [-0.15, -0.1) is 0 Å². The van der Waals surface area contributed by atoms with Crippen LogP contribution in [-0.2, 0) is 0 Å². The van der Waals surface area contributed by atoms with Gasteiger partial charge in [-0.3, -0.25) is 0 Å². The SMILES string of the molecule is CC1(C)C(=C2CC2)C1(C)[Si]. The molecule has 53 valence electrons. The second-order valence-electron chi connectivity index (χ2n) is 4.23. The molecular weight excluding hydrogens is 136 g/mol. The van der Waals surface area contributed by atoms with Gasteiger partial charge in [-0.25, -0.2) is 0 Å². The highest BCUT2D eigenvalue weighted by atomic mass is 28.1. The van der Waals surface area contributed by atoms with Crippen molar-refractivity contribution in [3.05, 3.63) is 11.1 Å². The zero-order valence-corrected chi connectivity index (χ0v) is 7.91. The molecule has 0 aromatic carbocycles. The molecule has 2 rings (SSSR count). The Bertz CT molecular complexity index is 199. The van der Waals surface area contributed by atoms with Crippen molar-refractivity contribution in [3.8, 4) is 0 Å². The molecule has 0 aromatic rings. The van der Waals surface area contributed by atoms with Gasteiger partial charge in [0.05, 0.1) is 0 Å². The number of rotatable bonds is 0. The fourth-order valence-electron chi connectivity index (χ4n) is 1.95. The molecule has 2 aliphatic rings. The highest BCUT2D eigenvalue weighted by Crippen LogP contribution is 2.75. The summed E-state index contributed by atoms with van der Waals surface area (Å²) in [4.78, 5) is 0. The molecule has 1 atom stereocenters. The maximum Gasteiger partial charge on any atom is 0.0382 e. The molecule has 0 amide bonds. The van der Waals surface area contributed by atoms with Crippen molar-refractivity contribution in [3.63, 3.8) is 0 Å². The largest absolute Gasteiger partial charge is 0.0696 e. The van der Waals surface area contributed by atoms with Gasteiger partial charge in [0.15, 0.2) is 0 Å². The fourth-order valence-corrected chi connectivity index (χ4v) is 2.50. The van der Waals surface area contributed by atoms with Crippen LogP contribution in [0, 0.1) is 5.41 Å². The molecule has 10 heavy (non-hydrogen) atoms. The zero-order chi connectivity index (χ0) is 7.57. The van der Waals surface area contributed by atoms with E-state index in [2.05, 4.69) is 31.0 Å². The van der Waals surface area contributed by atoms with Crippen molar-refractivity contribution in [2.75, 3.05) is 0 Å². The summed E-state index contributed by atoms with van der Waals surface area (Å²) in [6.07, 6.45) is 2.72. The van der Waals surface area contributed by atoms with E-state index in [1.807, 2.05) is 0 Å². The van der Waals surface area contributed by atoms with Crippen LogP contribution in [0.2, 0.25) is 5.04 Å². The van der Waals surface area contributed by atoms with Crippen LogP contribution in [0.25, 0.3) is 0 Å². The van der Waals surface area contributed by atoms with Crippen molar-refractivity contribution in [1.82, 2.24) is 0 Å². The monoisotopic (exact) mass is 149 g/mol. The summed E-state index contributed by atoms with van der Waals surface area (Å²) in [6.45, 7) is 6.92. The Labute approximate surface area is 66.1 Å². The lowest BCUT2D eigenvalue weighted by molar-refractivity contribution is 0.609. The molecule has 0 spiro atoms. The second-order valence-corrected chi connectivity index (χ2v) is 5.23. The number of allylic oxidation sites excluding steroid dienone is 2. The first kappa shape index (κ1) is 6.65. The first-order valence-electron chi connectivity index (χ1n) is 3.96. The molecule has 2 fully saturated rings. The van der Waals surface area contributed by atoms with Crippen molar-refractivity contribution >= 4 is 10.2 Å². The average molecular weight is 149 g/mol. The predicted molar refractivity (Wildman–Crippen MR) is 44.2 cm³/mol. The Balaban J connectivity index is 2.40. The third kappa shape index (κ3) is 0.572. The molecule has 0 nitrogen and oxygen atoms in total. The van der Waals surface area contributed by atoms with Gasteiger partial charge < -0.3 is 0 Å². The number of hydrogen-bond acceptors (Lipinski definition) is 0. The van der Waals surface area contributed by atoms with E-state index < -0.39 is 0 Å². The zero-order valence-electron chi connectivity index (χ0n) is 6.91. The fraction of sp³-hybridized carbons (Fsp3) is 0.778. The molecule has 0 heterocycles. The minimum atomic E-state index is 0.332. The third-order valence-corrected chi connectivity index (χ3v) is 4.04. The standard InChI is InChI=1S/C9H13Si/c1-8(2)7(6-4-5-6)9(8,3)10/h4-5H2,1-3H3. The first-order chi connectivity index (χ1) is 4.48. The lowest BCUT2D eigenvalue weighted by atomic mass is 10.1. The smallest absolute Gasteiger partial charge is 0.0382 e. The van der Waals surface area contributed by atoms with Crippen LogP contribution < -0.4 is 0 Å². The van der Waals surface area contributed by atoms with Gasteiger partial charge in [-0.05, 0) is 23.3 Å². The molecule has 0 aliphatic heterocycles. The van der Waals surface area contributed by atoms with Crippen LogP contribution in [0.1, 0.15) is 33.6 Å². The maximum absolute atomic E-state index is 3.81. The molecule has 0 bridgehead atoms. The van der Waals surface area contributed by atoms with Gasteiger partial charge in [-0.1, -0.05) is 31.9 Å². The molecule has 2 aliphatic carbocycles. The molecule has 1 unspecified atom stereocenters. The van der Waals surface area contributed by atoms with E-state index >= 15 is 0 Å². The van der Waals surface area contributed by atoms with Crippen molar-refractivity contribution in [1.29, 1.82) is 0 Å². The van der Waals surface area contributed by atoms with Crippen molar-refractivity contribution in [2.45, 2.75) is 38.7 Å². The summed E-state index contributed by atoms with van der Waals surface area (Å²) >= 11 is 0. The van der Waals surface area contributed by atoms with Gasteiger partial charge >= 0.3 is 0 Å². The van der Waals surface area contributed by atoms with E-state index in [0.717, 1.165) is 0 Å². The van der Waals surface area contributed by atoms with Gasteiger partial charge in [0.25, 0.3) is 0 Å². The van der Waals surface area contributed by atoms with E-state index in [9.17, 15) is 0 Å². The van der Waals surface area contributed by atoms with Crippen LogP contribution in [0.3, 0.4) is 0 Å². The molecule has 1 heteroatoms. The second kappa shape index (κ2) is 1.42. The minimum Gasteiger partial charge on any atom is -0.0696 e. The lowest BCUT2D eigenvalue weighted by Gasteiger charge is -2.02. The molecular formula is C9H13Si. The minimum absolute atomic E-state index is 0.332. The Morgan fingerprint density at radius 3 is 1.70 bits per heavy atom. The summed E-state index contributed by atoms with van der Waals surface area (Å²) < 4.78 is 0. The third-order valence-electron chi connectivity index (χ3n) is 3.17. The Hall–Kier alpha value is -0.0431. The maximum atomic E-state index is 3.81. The van der Waals surface area contributed by atoms with Gasteiger partial charge in [0, 0.05) is 10.2 Å². The summed E-state index contributed by atoms with van der Waals surface area (Å²) in [5, 5.41) is 0.332. The summed E-state index contributed by atoms with van der Waals surface area (Å²) in [5.74, 6) is 0. The van der Waals surface area contributed by atoms with E-state index in [1.165, 1.54) is 12.8 Å². The van der Waals surface area contributed by atoms with E-state index in [1.54, 1.807) is 11.1 Å².